The number of carbonyl (C=O) groups is 2. The molecule has 0 aliphatic carbocycles. The van der Waals surface area contributed by atoms with E-state index < -0.39 is 17.8 Å². The van der Waals surface area contributed by atoms with E-state index in [4.69, 9.17) is 13.9 Å². The Morgan fingerprint density at radius 1 is 1.20 bits per heavy atom. The van der Waals surface area contributed by atoms with Gasteiger partial charge in [0.25, 0.3) is 0 Å². The van der Waals surface area contributed by atoms with E-state index >= 15 is 0 Å². The molecule has 0 aliphatic rings. The fourth-order valence-electron chi connectivity index (χ4n) is 2.48. The molecule has 2 aromatic heterocycles. The zero-order chi connectivity index (χ0) is 18.0. The summed E-state index contributed by atoms with van der Waals surface area (Å²) in [6.07, 6.45) is 1.38. The molecule has 130 valence electrons. The lowest BCUT2D eigenvalue weighted by Crippen LogP contribution is -2.09. The molecule has 0 bridgehead atoms. The SMILES string of the molecule is CCOC(=O)c1sc2cccc(F)c2c1COC(=O)c1ccoc1C. The Hall–Kier alpha value is -2.67. The van der Waals surface area contributed by atoms with Gasteiger partial charge in [-0.3, -0.25) is 0 Å². The Morgan fingerprint density at radius 3 is 2.68 bits per heavy atom. The molecule has 7 heteroatoms. The van der Waals surface area contributed by atoms with Gasteiger partial charge >= 0.3 is 11.9 Å². The monoisotopic (exact) mass is 362 g/mol. The average Bonchev–Trinajstić information content (AvgIpc) is 3.17. The minimum atomic E-state index is -0.600. The van der Waals surface area contributed by atoms with Gasteiger partial charge in [-0.2, -0.15) is 0 Å². The van der Waals surface area contributed by atoms with E-state index in [-0.39, 0.29) is 29.0 Å². The van der Waals surface area contributed by atoms with Crippen LogP contribution in [-0.4, -0.2) is 18.5 Å². The second-order valence-electron chi connectivity index (χ2n) is 5.21. The number of benzene rings is 1. The van der Waals surface area contributed by atoms with E-state index in [1.807, 2.05) is 0 Å². The van der Waals surface area contributed by atoms with Gasteiger partial charge in [-0.1, -0.05) is 6.07 Å². The predicted octanol–water partition coefficient (Wildman–Crippen LogP) is 4.48. The summed E-state index contributed by atoms with van der Waals surface area (Å²) >= 11 is 1.11. The van der Waals surface area contributed by atoms with Crippen LogP contribution in [0.2, 0.25) is 0 Å². The first kappa shape index (κ1) is 17.2. The van der Waals surface area contributed by atoms with Gasteiger partial charge in [0, 0.05) is 15.6 Å². The van der Waals surface area contributed by atoms with Crippen molar-refractivity contribution in [2.75, 3.05) is 6.61 Å². The molecule has 0 saturated heterocycles. The number of hydrogen-bond acceptors (Lipinski definition) is 6. The fraction of sp³-hybridized carbons (Fsp3) is 0.222. The third-order valence-electron chi connectivity index (χ3n) is 3.65. The van der Waals surface area contributed by atoms with Gasteiger partial charge in [-0.25, -0.2) is 14.0 Å². The first-order chi connectivity index (χ1) is 12.0. The van der Waals surface area contributed by atoms with Crippen molar-refractivity contribution in [2.24, 2.45) is 0 Å². The summed E-state index contributed by atoms with van der Waals surface area (Å²) < 4.78 is 30.2. The molecule has 0 atom stereocenters. The van der Waals surface area contributed by atoms with Crippen LogP contribution in [0.25, 0.3) is 10.1 Å². The molecule has 25 heavy (non-hydrogen) atoms. The highest BCUT2D eigenvalue weighted by molar-refractivity contribution is 7.21. The second-order valence-corrected chi connectivity index (χ2v) is 6.26. The summed E-state index contributed by atoms with van der Waals surface area (Å²) in [6, 6.07) is 6.07. The molecule has 1 aromatic carbocycles. The summed E-state index contributed by atoms with van der Waals surface area (Å²) in [4.78, 5) is 24.6. The summed E-state index contributed by atoms with van der Waals surface area (Å²) in [6.45, 7) is 3.29. The lowest BCUT2D eigenvalue weighted by molar-refractivity contribution is 0.0452. The third-order valence-corrected chi connectivity index (χ3v) is 4.83. The molecule has 0 radical (unpaired) electrons. The molecular weight excluding hydrogens is 347 g/mol. The van der Waals surface area contributed by atoms with Crippen molar-refractivity contribution in [1.82, 2.24) is 0 Å². The minimum Gasteiger partial charge on any atom is -0.469 e. The summed E-state index contributed by atoms with van der Waals surface area (Å²) in [7, 11) is 0. The molecule has 2 heterocycles. The van der Waals surface area contributed by atoms with Crippen molar-refractivity contribution in [2.45, 2.75) is 20.5 Å². The normalized spacial score (nSPS) is 10.8. The highest BCUT2D eigenvalue weighted by atomic mass is 32.1. The van der Waals surface area contributed by atoms with Crippen LogP contribution in [0.5, 0.6) is 0 Å². The number of esters is 2. The lowest BCUT2D eigenvalue weighted by atomic mass is 10.1. The van der Waals surface area contributed by atoms with Gasteiger partial charge in [-0.15, -0.1) is 11.3 Å². The van der Waals surface area contributed by atoms with Crippen molar-refractivity contribution in [3.8, 4) is 0 Å². The standard InChI is InChI=1S/C18H15FO5S/c1-3-22-18(21)16-12(15-13(19)5-4-6-14(15)25-16)9-24-17(20)11-7-8-23-10(11)2/h4-8H,3,9H2,1-2H3. The molecule has 0 aliphatic heterocycles. The number of carbonyl (C=O) groups excluding carboxylic acids is 2. The largest absolute Gasteiger partial charge is 0.469 e. The number of halogens is 1. The van der Waals surface area contributed by atoms with Crippen LogP contribution < -0.4 is 0 Å². The number of rotatable bonds is 5. The summed E-state index contributed by atoms with van der Waals surface area (Å²) in [5, 5.41) is 0.271. The van der Waals surface area contributed by atoms with Crippen molar-refractivity contribution in [1.29, 1.82) is 0 Å². The first-order valence-corrected chi connectivity index (χ1v) is 8.42. The predicted molar refractivity (Wildman–Crippen MR) is 90.3 cm³/mol. The summed E-state index contributed by atoms with van der Waals surface area (Å²) in [5.41, 5.74) is 0.601. The smallest absolute Gasteiger partial charge is 0.348 e. The molecular formula is C18H15FO5S. The Kier molecular flexibility index (Phi) is 4.85. The molecule has 3 aromatic rings. The number of aryl methyl sites for hydroxylation is 1. The highest BCUT2D eigenvalue weighted by Crippen LogP contribution is 2.34. The van der Waals surface area contributed by atoms with Crippen LogP contribution in [0.3, 0.4) is 0 Å². The van der Waals surface area contributed by atoms with Crippen molar-refractivity contribution in [3.63, 3.8) is 0 Å². The quantitative estimate of drug-likeness (QED) is 0.626. The third kappa shape index (κ3) is 3.28. The van der Waals surface area contributed by atoms with Crippen LogP contribution in [0.15, 0.2) is 34.9 Å². The fourth-order valence-corrected chi connectivity index (χ4v) is 3.59. The molecule has 0 fully saturated rings. The Morgan fingerprint density at radius 2 is 2.00 bits per heavy atom. The van der Waals surface area contributed by atoms with Gasteiger partial charge in [-0.05, 0) is 32.0 Å². The van der Waals surface area contributed by atoms with Crippen LogP contribution >= 0.6 is 11.3 Å². The van der Waals surface area contributed by atoms with Gasteiger partial charge in [0.05, 0.1) is 12.9 Å². The Labute approximate surface area is 147 Å². The maximum atomic E-state index is 14.3. The topological polar surface area (TPSA) is 65.7 Å². The molecule has 5 nitrogen and oxygen atoms in total. The van der Waals surface area contributed by atoms with Gasteiger partial charge in [0.2, 0.25) is 0 Å². The Bertz CT molecular complexity index is 940. The molecule has 0 unspecified atom stereocenters. The van der Waals surface area contributed by atoms with Gasteiger partial charge < -0.3 is 13.9 Å². The molecule has 0 spiro atoms. The number of fused-ring (bicyclic) bond motifs is 1. The van der Waals surface area contributed by atoms with Crippen LogP contribution in [0.4, 0.5) is 4.39 Å². The van der Waals surface area contributed by atoms with Crippen LogP contribution in [0, 0.1) is 12.7 Å². The number of thiophene rings is 1. The number of hydrogen-bond donors (Lipinski definition) is 0. The van der Waals surface area contributed by atoms with Crippen molar-refractivity contribution >= 4 is 33.4 Å². The zero-order valence-electron chi connectivity index (χ0n) is 13.6. The highest BCUT2D eigenvalue weighted by Gasteiger charge is 2.23. The van der Waals surface area contributed by atoms with Crippen LogP contribution in [-0.2, 0) is 16.1 Å². The van der Waals surface area contributed by atoms with Gasteiger partial charge in [0.15, 0.2) is 0 Å². The van der Waals surface area contributed by atoms with Crippen LogP contribution in [0.1, 0.15) is 38.3 Å². The number of ether oxygens (including phenoxy) is 2. The van der Waals surface area contributed by atoms with Crippen molar-refractivity contribution in [3.05, 3.63) is 58.1 Å². The Balaban J connectivity index is 1.96. The molecule has 0 amide bonds. The molecule has 3 rings (SSSR count). The second kappa shape index (κ2) is 7.06. The maximum Gasteiger partial charge on any atom is 0.348 e. The molecule has 0 N–H and O–H groups in total. The van der Waals surface area contributed by atoms with E-state index in [9.17, 15) is 14.0 Å². The van der Waals surface area contributed by atoms with E-state index in [2.05, 4.69) is 0 Å². The van der Waals surface area contributed by atoms with E-state index in [0.717, 1.165) is 11.3 Å². The van der Waals surface area contributed by atoms with Crippen molar-refractivity contribution < 1.29 is 27.9 Å². The first-order valence-electron chi connectivity index (χ1n) is 7.61. The van der Waals surface area contributed by atoms with E-state index in [1.54, 1.807) is 26.0 Å². The maximum absolute atomic E-state index is 14.3. The lowest BCUT2D eigenvalue weighted by Gasteiger charge is -2.07. The summed E-state index contributed by atoms with van der Waals surface area (Å²) in [5.74, 6) is -1.21. The number of furan rings is 1. The average molecular weight is 362 g/mol. The van der Waals surface area contributed by atoms with E-state index in [1.165, 1.54) is 18.4 Å². The molecule has 0 saturated carbocycles. The van der Waals surface area contributed by atoms with Gasteiger partial charge in [0.1, 0.15) is 28.6 Å². The van der Waals surface area contributed by atoms with E-state index in [0.29, 0.717) is 16.0 Å². The zero-order valence-corrected chi connectivity index (χ0v) is 14.4. The minimum absolute atomic E-state index is 0.197.